The first-order valence-corrected chi connectivity index (χ1v) is 9.10. The average molecular weight is 378 g/mol. The van der Waals surface area contributed by atoms with Gasteiger partial charge in [0.1, 0.15) is 17.4 Å². The quantitative estimate of drug-likeness (QED) is 0.662. The van der Waals surface area contributed by atoms with Gasteiger partial charge < -0.3 is 9.64 Å². The van der Waals surface area contributed by atoms with Gasteiger partial charge in [-0.3, -0.25) is 0 Å². The SMILES string of the molecule is CCN1CC(C)CC(c2cc(OC)ccc2Cl)=C1c1c(F)cccc1F. The van der Waals surface area contributed by atoms with Crippen molar-refractivity contribution in [2.75, 3.05) is 20.2 Å². The minimum atomic E-state index is -0.565. The molecule has 2 aromatic carbocycles. The van der Waals surface area contributed by atoms with Crippen LogP contribution < -0.4 is 4.74 Å². The first kappa shape index (κ1) is 18.7. The number of benzene rings is 2. The lowest BCUT2D eigenvalue weighted by molar-refractivity contribution is 0.334. The second kappa shape index (κ2) is 7.67. The molecule has 5 heteroatoms. The van der Waals surface area contributed by atoms with Crippen molar-refractivity contribution in [1.82, 2.24) is 4.90 Å². The van der Waals surface area contributed by atoms with Crippen LogP contribution in [0.5, 0.6) is 5.75 Å². The van der Waals surface area contributed by atoms with Crippen molar-refractivity contribution in [3.63, 3.8) is 0 Å². The van der Waals surface area contributed by atoms with E-state index in [2.05, 4.69) is 6.92 Å². The molecule has 1 atom stereocenters. The normalized spacial score (nSPS) is 17.6. The lowest BCUT2D eigenvalue weighted by atomic mass is 9.86. The molecule has 1 aliphatic heterocycles. The highest BCUT2D eigenvalue weighted by molar-refractivity contribution is 6.32. The molecule has 0 saturated heterocycles. The van der Waals surface area contributed by atoms with E-state index in [1.807, 2.05) is 17.9 Å². The number of halogens is 3. The van der Waals surface area contributed by atoms with E-state index in [1.165, 1.54) is 18.2 Å². The molecule has 0 N–H and O–H groups in total. The molecular formula is C21H22ClF2NO. The van der Waals surface area contributed by atoms with E-state index in [-0.39, 0.29) is 5.56 Å². The predicted molar refractivity (Wildman–Crippen MR) is 102 cm³/mol. The maximum Gasteiger partial charge on any atom is 0.135 e. The van der Waals surface area contributed by atoms with Crippen LogP contribution in [-0.4, -0.2) is 25.1 Å². The zero-order chi connectivity index (χ0) is 18.8. The van der Waals surface area contributed by atoms with Crippen LogP contribution in [-0.2, 0) is 0 Å². The van der Waals surface area contributed by atoms with Gasteiger partial charge >= 0.3 is 0 Å². The van der Waals surface area contributed by atoms with Crippen molar-refractivity contribution in [3.05, 3.63) is 64.2 Å². The summed E-state index contributed by atoms with van der Waals surface area (Å²) < 4.78 is 34.6. The molecule has 2 aromatic rings. The fraction of sp³-hybridized carbons (Fsp3) is 0.333. The largest absolute Gasteiger partial charge is 0.497 e. The van der Waals surface area contributed by atoms with Gasteiger partial charge in [-0.15, -0.1) is 0 Å². The van der Waals surface area contributed by atoms with E-state index in [9.17, 15) is 8.78 Å². The first-order valence-electron chi connectivity index (χ1n) is 8.72. The van der Waals surface area contributed by atoms with Crippen LogP contribution in [0.15, 0.2) is 36.4 Å². The van der Waals surface area contributed by atoms with Crippen LogP contribution in [0.4, 0.5) is 8.78 Å². The maximum absolute atomic E-state index is 14.6. The molecule has 2 nitrogen and oxygen atoms in total. The molecule has 1 aliphatic rings. The van der Waals surface area contributed by atoms with Crippen molar-refractivity contribution in [3.8, 4) is 5.75 Å². The Labute approximate surface area is 158 Å². The minimum absolute atomic E-state index is 0.00939. The molecule has 0 aromatic heterocycles. The lowest BCUT2D eigenvalue weighted by Crippen LogP contribution is -2.33. The Morgan fingerprint density at radius 3 is 2.50 bits per heavy atom. The smallest absolute Gasteiger partial charge is 0.135 e. The van der Waals surface area contributed by atoms with Crippen LogP contribution in [0.3, 0.4) is 0 Å². The summed E-state index contributed by atoms with van der Waals surface area (Å²) in [6.07, 6.45) is 0.687. The van der Waals surface area contributed by atoms with Gasteiger partial charge in [0.05, 0.1) is 18.4 Å². The zero-order valence-electron chi connectivity index (χ0n) is 15.2. The molecule has 26 heavy (non-hydrogen) atoms. The van der Waals surface area contributed by atoms with Gasteiger partial charge in [-0.25, -0.2) is 8.78 Å². The van der Waals surface area contributed by atoms with Crippen molar-refractivity contribution in [2.45, 2.75) is 20.3 Å². The highest BCUT2D eigenvalue weighted by Gasteiger charge is 2.30. The van der Waals surface area contributed by atoms with E-state index in [1.54, 1.807) is 19.2 Å². The molecule has 138 valence electrons. The molecule has 3 rings (SSSR count). The van der Waals surface area contributed by atoms with E-state index in [0.717, 1.165) is 17.7 Å². The number of hydrogen-bond donors (Lipinski definition) is 0. The fourth-order valence-electron chi connectivity index (χ4n) is 3.59. The zero-order valence-corrected chi connectivity index (χ0v) is 15.9. The number of rotatable bonds is 4. The topological polar surface area (TPSA) is 12.5 Å². The van der Waals surface area contributed by atoms with Crippen molar-refractivity contribution in [1.29, 1.82) is 0 Å². The van der Waals surface area contributed by atoms with Crippen molar-refractivity contribution in [2.24, 2.45) is 5.92 Å². The Kier molecular flexibility index (Phi) is 5.52. The van der Waals surface area contributed by atoms with Crippen molar-refractivity contribution < 1.29 is 13.5 Å². The minimum Gasteiger partial charge on any atom is -0.497 e. The van der Waals surface area contributed by atoms with Gasteiger partial charge in [0, 0.05) is 23.7 Å². The monoisotopic (exact) mass is 377 g/mol. The summed E-state index contributed by atoms with van der Waals surface area (Å²) in [5.74, 6) is -0.133. The third-order valence-corrected chi connectivity index (χ3v) is 5.10. The summed E-state index contributed by atoms with van der Waals surface area (Å²) in [4.78, 5) is 2.03. The van der Waals surface area contributed by atoms with Crippen LogP contribution in [0.2, 0.25) is 5.02 Å². The Hall–Kier alpha value is -2.07. The number of nitrogens with zero attached hydrogens (tertiary/aromatic N) is 1. The van der Waals surface area contributed by atoms with Crippen LogP contribution in [0, 0.1) is 17.6 Å². The second-order valence-corrected chi connectivity index (χ2v) is 7.02. The van der Waals surface area contributed by atoms with Gasteiger partial charge in [-0.1, -0.05) is 24.6 Å². The van der Waals surface area contributed by atoms with Crippen LogP contribution in [0.25, 0.3) is 11.3 Å². The van der Waals surface area contributed by atoms with Crippen LogP contribution in [0.1, 0.15) is 31.4 Å². The summed E-state index contributed by atoms with van der Waals surface area (Å²) in [6.45, 7) is 5.51. The standard InChI is InChI=1S/C21H22ClF2NO/c1-4-25-12-13(2)10-16(15-11-14(26-3)8-9-17(15)22)21(25)20-18(23)6-5-7-19(20)24/h5-9,11,13H,4,10,12H2,1-3H3. The third kappa shape index (κ3) is 3.43. The predicted octanol–water partition coefficient (Wildman–Crippen LogP) is 5.86. The highest BCUT2D eigenvalue weighted by Crippen LogP contribution is 2.42. The molecule has 1 unspecified atom stereocenters. The summed E-state index contributed by atoms with van der Waals surface area (Å²) in [5.41, 5.74) is 2.19. The summed E-state index contributed by atoms with van der Waals surface area (Å²) in [7, 11) is 1.58. The third-order valence-electron chi connectivity index (χ3n) is 4.77. The van der Waals surface area contributed by atoms with E-state index < -0.39 is 11.6 Å². The van der Waals surface area contributed by atoms with Gasteiger partial charge in [-0.05, 0) is 55.2 Å². The average Bonchev–Trinajstić information content (AvgIpc) is 2.62. The molecule has 0 spiro atoms. The molecule has 1 heterocycles. The molecule has 0 bridgehead atoms. The van der Waals surface area contributed by atoms with Gasteiger partial charge in [0.15, 0.2) is 0 Å². The Bertz CT molecular complexity index is 830. The van der Waals surface area contributed by atoms with Gasteiger partial charge in [0.25, 0.3) is 0 Å². The van der Waals surface area contributed by atoms with Gasteiger partial charge in [-0.2, -0.15) is 0 Å². The summed E-state index contributed by atoms with van der Waals surface area (Å²) in [6, 6.07) is 9.34. The molecule has 0 radical (unpaired) electrons. The first-order chi connectivity index (χ1) is 12.5. The number of methoxy groups -OCH3 is 1. The Morgan fingerprint density at radius 2 is 1.88 bits per heavy atom. The number of hydrogen-bond acceptors (Lipinski definition) is 2. The summed E-state index contributed by atoms with van der Waals surface area (Å²) >= 11 is 6.46. The fourth-order valence-corrected chi connectivity index (χ4v) is 3.82. The molecule has 0 saturated carbocycles. The van der Waals surface area contributed by atoms with E-state index in [0.29, 0.717) is 35.4 Å². The molecule has 0 amide bonds. The number of ether oxygens (including phenoxy) is 1. The van der Waals surface area contributed by atoms with E-state index in [4.69, 9.17) is 16.3 Å². The Morgan fingerprint density at radius 1 is 1.19 bits per heavy atom. The second-order valence-electron chi connectivity index (χ2n) is 6.62. The van der Waals surface area contributed by atoms with Gasteiger partial charge in [0.2, 0.25) is 0 Å². The lowest BCUT2D eigenvalue weighted by Gasteiger charge is -2.37. The van der Waals surface area contributed by atoms with E-state index >= 15 is 0 Å². The molecule has 0 aliphatic carbocycles. The Balaban J connectivity index is 2.33. The van der Waals surface area contributed by atoms with Crippen LogP contribution >= 0.6 is 11.6 Å². The molecular weight excluding hydrogens is 356 g/mol. The van der Waals surface area contributed by atoms with Crippen molar-refractivity contribution >= 4 is 22.9 Å². The number of allylic oxidation sites excluding steroid dienone is 1. The summed E-state index contributed by atoms with van der Waals surface area (Å²) in [5, 5.41) is 0.542. The maximum atomic E-state index is 14.6. The highest BCUT2D eigenvalue weighted by atomic mass is 35.5. The molecule has 0 fully saturated rings.